The number of methoxy groups -OCH3 is 1. The Labute approximate surface area is 96.2 Å². The van der Waals surface area contributed by atoms with Gasteiger partial charge in [0.2, 0.25) is 0 Å². The zero-order chi connectivity index (χ0) is 12.0. The highest BCUT2D eigenvalue weighted by molar-refractivity contribution is 5.12. The number of aryl methyl sites for hydroxylation is 1. The fourth-order valence-electron chi connectivity index (χ4n) is 1.89. The number of nitrogens with zero attached hydrogens (tertiary/aromatic N) is 2. The van der Waals surface area contributed by atoms with Crippen molar-refractivity contribution in [1.29, 1.82) is 0 Å². The highest BCUT2D eigenvalue weighted by Gasteiger charge is 2.31. The third kappa shape index (κ3) is 2.81. The molecular formula is C11H21N3O2. The van der Waals surface area contributed by atoms with Gasteiger partial charge in [0.1, 0.15) is 5.60 Å². The third-order valence-corrected chi connectivity index (χ3v) is 2.67. The normalized spacial score (nSPS) is 15.0. The monoisotopic (exact) mass is 227 g/mol. The summed E-state index contributed by atoms with van der Waals surface area (Å²) >= 11 is 0. The van der Waals surface area contributed by atoms with Crippen LogP contribution in [0.3, 0.4) is 0 Å². The second kappa shape index (κ2) is 5.98. The third-order valence-electron chi connectivity index (χ3n) is 2.67. The van der Waals surface area contributed by atoms with E-state index in [9.17, 15) is 5.11 Å². The standard InChI is InChI=1S/C11H21N3O2/c1-3-14-10(5-8-13-14)11(15,9-16-2)6-4-7-12/h5,8,15H,3-4,6-7,9,12H2,1-2H3. The molecule has 1 aromatic heterocycles. The van der Waals surface area contributed by atoms with E-state index in [1.54, 1.807) is 18.0 Å². The zero-order valence-corrected chi connectivity index (χ0v) is 10.0. The first-order valence-electron chi connectivity index (χ1n) is 5.61. The molecule has 0 radical (unpaired) electrons. The number of hydrogen-bond donors (Lipinski definition) is 2. The number of hydrogen-bond acceptors (Lipinski definition) is 4. The Morgan fingerprint density at radius 2 is 2.38 bits per heavy atom. The van der Waals surface area contributed by atoms with Crippen LogP contribution in [-0.2, 0) is 16.9 Å². The maximum Gasteiger partial charge on any atom is 0.129 e. The molecule has 1 heterocycles. The van der Waals surface area contributed by atoms with E-state index in [0.717, 1.165) is 18.7 Å². The molecule has 0 fully saturated rings. The van der Waals surface area contributed by atoms with Crippen LogP contribution in [0.1, 0.15) is 25.5 Å². The maximum atomic E-state index is 10.6. The van der Waals surface area contributed by atoms with E-state index in [4.69, 9.17) is 10.5 Å². The number of aromatic nitrogens is 2. The number of nitrogens with two attached hydrogens (primary N) is 1. The Morgan fingerprint density at radius 1 is 1.62 bits per heavy atom. The van der Waals surface area contributed by atoms with Crippen molar-refractivity contribution < 1.29 is 9.84 Å². The summed E-state index contributed by atoms with van der Waals surface area (Å²) < 4.78 is 6.88. The van der Waals surface area contributed by atoms with Crippen molar-refractivity contribution in [3.05, 3.63) is 18.0 Å². The minimum Gasteiger partial charge on any atom is -0.381 e. The average Bonchev–Trinajstić information content (AvgIpc) is 2.75. The van der Waals surface area contributed by atoms with E-state index in [0.29, 0.717) is 13.0 Å². The van der Waals surface area contributed by atoms with Crippen molar-refractivity contribution in [2.75, 3.05) is 20.3 Å². The molecular weight excluding hydrogens is 206 g/mol. The van der Waals surface area contributed by atoms with Crippen LogP contribution in [0.4, 0.5) is 0 Å². The summed E-state index contributed by atoms with van der Waals surface area (Å²) in [7, 11) is 1.58. The molecule has 5 heteroatoms. The van der Waals surface area contributed by atoms with Crippen molar-refractivity contribution in [1.82, 2.24) is 9.78 Å². The summed E-state index contributed by atoms with van der Waals surface area (Å²) in [4.78, 5) is 0. The summed E-state index contributed by atoms with van der Waals surface area (Å²) in [6, 6.07) is 1.83. The number of ether oxygens (including phenoxy) is 1. The highest BCUT2D eigenvalue weighted by Crippen LogP contribution is 2.26. The predicted molar refractivity (Wildman–Crippen MR) is 62.0 cm³/mol. The molecule has 0 saturated carbocycles. The van der Waals surface area contributed by atoms with E-state index < -0.39 is 5.60 Å². The Hall–Kier alpha value is -0.910. The van der Waals surface area contributed by atoms with Gasteiger partial charge in [0.15, 0.2) is 0 Å². The van der Waals surface area contributed by atoms with Gasteiger partial charge in [-0.05, 0) is 32.4 Å². The van der Waals surface area contributed by atoms with Gasteiger partial charge in [-0.2, -0.15) is 5.10 Å². The van der Waals surface area contributed by atoms with Crippen LogP contribution in [0.2, 0.25) is 0 Å². The lowest BCUT2D eigenvalue weighted by atomic mass is 9.94. The Bertz CT molecular complexity index is 314. The molecule has 1 aromatic rings. The first-order valence-corrected chi connectivity index (χ1v) is 5.61. The molecule has 0 bridgehead atoms. The fourth-order valence-corrected chi connectivity index (χ4v) is 1.89. The van der Waals surface area contributed by atoms with Crippen LogP contribution in [0, 0.1) is 0 Å². The van der Waals surface area contributed by atoms with E-state index in [2.05, 4.69) is 5.10 Å². The average molecular weight is 227 g/mol. The summed E-state index contributed by atoms with van der Waals surface area (Å²) in [6.45, 7) is 3.55. The van der Waals surface area contributed by atoms with Crippen LogP contribution in [0.25, 0.3) is 0 Å². The molecule has 1 rings (SSSR count). The topological polar surface area (TPSA) is 73.3 Å². The van der Waals surface area contributed by atoms with E-state index in [-0.39, 0.29) is 6.61 Å². The molecule has 0 aliphatic carbocycles. The molecule has 5 nitrogen and oxygen atoms in total. The molecule has 0 aliphatic rings. The first kappa shape index (κ1) is 13.2. The van der Waals surface area contributed by atoms with Gasteiger partial charge in [-0.1, -0.05) is 0 Å². The molecule has 1 atom stereocenters. The van der Waals surface area contributed by atoms with Crippen molar-refractivity contribution in [3.63, 3.8) is 0 Å². The maximum absolute atomic E-state index is 10.6. The van der Waals surface area contributed by atoms with Crippen LogP contribution < -0.4 is 5.73 Å². The van der Waals surface area contributed by atoms with Gasteiger partial charge in [-0.15, -0.1) is 0 Å². The van der Waals surface area contributed by atoms with Crippen LogP contribution in [-0.4, -0.2) is 35.1 Å². The Morgan fingerprint density at radius 3 is 2.94 bits per heavy atom. The zero-order valence-electron chi connectivity index (χ0n) is 10.0. The van der Waals surface area contributed by atoms with Gasteiger partial charge in [0, 0.05) is 19.9 Å². The largest absolute Gasteiger partial charge is 0.381 e. The van der Waals surface area contributed by atoms with Gasteiger partial charge in [0.25, 0.3) is 0 Å². The van der Waals surface area contributed by atoms with Gasteiger partial charge in [-0.25, -0.2) is 0 Å². The molecule has 0 aliphatic heterocycles. The van der Waals surface area contributed by atoms with Crippen LogP contribution in [0.5, 0.6) is 0 Å². The lowest BCUT2D eigenvalue weighted by Gasteiger charge is -2.27. The lowest BCUT2D eigenvalue weighted by molar-refractivity contribution is -0.0490. The number of rotatable bonds is 7. The Balaban J connectivity index is 2.91. The van der Waals surface area contributed by atoms with Gasteiger partial charge in [-0.3, -0.25) is 4.68 Å². The van der Waals surface area contributed by atoms with E-state index in [1.165, 1.54) is 0 Å². The Kier molecular flexibility index (Phi) is 4.92. The fraction of sp³-hybridized carbons (Fsp3) is 0.727. The highest BCUT2D eigenvalue weighted by atomic mass is 16.5. The molecule has 92 valence electrons. The first-order chi connectivity index (χ1) is 7.68. The van der Waals surface area contributed by atoms with Gasteiger partial charge >= 0.3 is 0 Å². The smallest absolute Gasteiger partial charge is 0.129 e. The van der Waals surface area contributed by atoms with Gasteiger partial charge < -0.3 is 15.6 Å². The van der Waals surface area contributed by atoms with E-state index in [1.807, 2.05) is 13.0 Å². The predicted octanol–water partition coefficient (Wildman–Crippen LogP) is 0.476. The summed E-state index contributed by atoms with van der Waals surface area (Å²) in [6.07, 6.45) is 3.04. The van der Waals surface area contributed by atoms with Crippen LogP contribution >= 0.6 is 0 Å². The minimum absolute atomic E-state index is 0.263. The number of aliphatic hydroxyl groups is 1. The van der Waals surface area contributed by atoms with Crippen molar-refractivity contribution in [3.8, 4) is 0 Å². The molecule has 1 unspecified atom stereocenters. The second-order valence-electron chi connectivity index (χ2n) is 3.89. The van der Waals surface area contributed by atoms with E-state index >= 15 is 0 Å². The van der Waals surface area contributed by atoms with Gasteiger partial charge in [0.05, 0.1) is 12.3 Å². The molecule has 0 amide bonds. The summed E-state index contributed by atoms with van der Waals surface area (Å²) in [5.74, 6) is 0. The summed E-state index contributed by atoms with van der Waals surface area (Å²) in [5, 5.41) is 14.7. The molecule has 3 N–H and O–H groups in total. The lowest BCUT2D eigenvalue weighted by Crippen LogP contribution is -2.34. The molecule has 0 saturated heterocycles. The summed E-state index contributed by atoms with van der Waals surface area (Å²) in [5.41, 5.74) is 5.29. The quantitative estimate of drug-likeness (QED) is 0.710. The SMILES string of the molecule is CCn1nccc1C(O)(CCCN)COC. The van der Waals surface area contributed by atoms with Crippen molar-refractivity contribution >= 4 is 0 Å². The molecule has 0 aromatic carbocycles. The van der Waals surface area contributed by atoms with Crippen molar-refractivity contribution in [2.45, 2.75) is 31.9 Å². The molecule has 16 heavy (non-hydrogen) atoms. The van der Waals surface area contributed by atoms with Crippen LogP contribution in [0.15, 0.2) is 12.3 Å². The molecule has 0 spiro atoms. The van der Waals surface area contributed by atoms with Crippen molar-refractivity contribution in [2.24, 2.45) is 5.73 Å². The second-order valence-corrected chi connectivity index (χ2v) is 3.89. The minimum atomic E-state index is -0.985.